The Balaban J connectivity index is 1.82. The molecule has 3 rings (SSSR count). The van der Waals surface area contributed by atoms with E-state index in [9.17, 15) is 24.3 Å². The van der Waals surface area contributed by atoms with Crippen LogP contribution < -0.4 is 16.0 Å². The minimum atomic E-state index is -1.23. The third-order valence-corrected chi connectivity index (χ3v) is 8.39. The molecule has 3 amide bonds. The van der Waals surface area contributed by atoms with Gasteiger partial charge in [-0.2, -0.15) is 0 Å². The van der Waals surface area contributed by atoms with Gasteiger partial charge in [-0.1, -0.05) is 82.5 Å². The molecule has 0 saturated heterocycles. The van der Waals surface area contributed by atoms with Crippen molar-refractivity contribution in [1.29, 1.82) is 0 Å². The van der Waals surface area contributed by atoms with Gasteiger partial charge in [-0.25, -0.2) is 4.79 Å². The first-order valence-electron chi connectivity index (χ1n) is 16.7. The third kappa shape index (κ3) is 12.0. The van der Waals surface area contributed by atoms with Crippen LogP contribution in [-0.2, 0) is 32.0 Å². The molecule has 5 N–H and O–H groups in total. The molecule has 256 valence electrons. The molecule has 3 aromatic rings. The fraction of sp³-hybridized carbons (Fsp3) is 0.500. The molecule has 0 bridgehead atoms. The van der Waals surface area contributed by atoms with Gasteiger partial charge in [-0.3, -0.25) is 19.7 Å². The van der Waals surface area contributed by atoms with E-state index in [1.807, 2.05) is 43.0 Å². The molecule has 2 aromatic carbocycles. The van der Waals surface area contributed by atoms with Gasteiger partial charge in [0.25, 0.3) is 0 Å². The lowest BCUT2D eigenvalue weighted by Crippen LogP contribution is -2.57. The molecule has 11 heteroatoms. The average molecular weight is 668 g/mol. The molecule has 1 heterocycles. The SMILES string of the molecule is CCCCN(CCCC)C(=O)CNC(CC(C)C)C(=O)N[C@H](Cc1c[nH]c2ccccc12)C(=O)N[C@@H](Cc1ccc(Cl)cc1)C(=O)O. The number of hydrogen-bond acceptors (Lipinski definition) is 5. The molecule has 1 unspecified atom stereocenters. The van der Waals surface area contributed by atoms with Crippen LogP contribution in [0.1, 0.15) is 70.9 Å². The van der Waals surface area contributed by atoms with E-state index in [1.165, 1.54) is 0 Å². The highest BCUT2D eigenvalue weighted by atomic mass is 35.5. The van der Waals surface area contributed by atoms with E-state index in [0.717, 1.165) is 42.1 Å². The monoisotopic (exact) mass is 667 g/mol. The number of rotatable bonds is 20. The summed E-state index contributed by atoms with van der Waals surface area (Å²) in [6, 6.07) is 11.3. The van der Waals surface area contributed by atoms with Crippen molar-refractivity contribution in [1.82, 2.24) is 25.8 Å². The van der Waals surface area contributed by atoms with E-state index >= 15 is 0 Å². The molecule has 10 nitrogen and oxygen atoms in total. The Hall–Kier alpha value is -3.89. The summed E-state index contributed by atoms with van der Waals surface area (Å²) in [4.78, 5) is 58.1. The summed E-state index contributed by atoms with van der Waals surface area (Å²) in [6.07, 6.45) is 6.18. The van der Waals surface area contributed by atoms with Crippen LogP contribution >= 0.6 is 11.6 Å². The van der Waals surface area contributed by atoms with E-state index in [4.69, 9.17) is 11.6 Å². The fourth-order valence-corrected chi connectivity index (χ4v) is 5.59. The molecular weight excluding hydrogens is 618 g/mol. The highest BCUT2D eigenvalue weighted by molar-refractivity contribution is 6.30. The van der Waals surface area contributed by atoms with Crippen LogP contribution in [0.3, 0.4) is 0 Å². The number of carbonyl (C=O) groups excluding carboxylic acids is 3. The lowest BCUT2D eigenvalue weighted by molar-refractivity contribution is -0.142. The number of aromatic nitrogens is 1. The summed E-state index contributed by atoms with van der Waals surface area (Å²) in [5.41, 5.74) is 2.38. The zero-order valence-electron chi connectivity index (χ0n) is 28.0. The number of carboxylic acid groups (broad SMARTS) is 1. The van der Waals surface area contributed by atoms with E-state index in [2.05, 4.69) is 34.8 Å². The van der Waals surface area contributed by atoms with Gasteiger partial charge in [0.05, 0.1) is 12.6 Å². The molecule has 0 radical (unpaired) electrons. The molecule has 0 spiro atoms. The number of halogens is 1. The van der Waals surface area contributed by atoms with Crippen LogP contribution in [0, 0.1) is 5.92 Å². The van der Waals surface area contributed by atoms with Crippen LogP contribution in [-0.4, -0.2) is 76.4 Å². The van der Waals surface area contributed by atoms with E-state index in [1.54, 1.807) is 30.5 Å². The summed E-state index contributed by atoms with van der Waals surface area (Å²) in [6.45, 7) is 9.49. The summed E-state index contributed by atoms with van der Waals surface area (Å²) < 4.78 is 0. The number of nitrogens with zero attached hydrogens (tertiary/aromatic N) is 1. The number of aromatic amines is 1. The average Bonchev–Trinajstić information content (AvgIpc) is 3.45. The lowest BCUT2D eigenvalue weighted by Gasteiger charge is -2.27. The maximum atomic E-state index is 13.8. The predicted octanol–water partition coefficient (Wildman–Crippen LogP) is 5.09. The number of amides is 3. The highest BCUT2D eigenvalue weighted by Crippen LogP contribution is 2.20. The largest absolute Gasteiger partial charge is 0.480 e. The summed E-state index contributed by atoms with van der Waals surface area (Å²) in [5.74, 6) is -2.17. The Morgan fingerprint density at radius 2 is 1.47 bits per heavy atom. The second-order valence-corrected chi connectivity index (χ2v) is 12.9. The third-order valence-electron chi connectivity index (χ3n) is 8.14. The van der Waals surface area contributed by atoms with Crippen molar-refractivity contribution in [2.24, 2.45) is 5.92 Å². The van der Waals surface area contributed by atoms with Crippen molar-refractivity contribution in [3.8, 4) is 0 Å². The van der Waals surface area contributed by atoms with Crippen molar-refractivity contribution in [2.75, 3.05) is 19.6 Å². The first kappa shape index (κ1) is 37.6. The molecule has 1 aromatic heterocycles. The van der Waals surface area contributed by atoms with Gasteiger partial charge in [-0.15, -0.1) is 0 Å². The van der Waals surface area contributed by atoms with E-state index in [-0.39, 0.29) is 31.2 Å². The van der Waals surface area contributed by atoms with Crippen LogP contribution in [0.4, 0.5) is 0 Å². The molecule has 0 fully saturated rings. The van der Waals surface area contributed by atoms with Gasteiger partial charge in [-0.05, 0) is 54.5 Å². The highest BCUT2D eigenvalue weighted by Gasteiger charge is 2.30. The number of H-pyrrole nitrogens is 1. The first-order chi connectivity index (χ1) is 22.5. The van der Waals surface area contributed by atoms with Gasteiger partial charge in [0, 0.05) is 48.1 Å². The maximum absolute atomic E-state index is 13.8. The minimum Gasteiger partial charge on any atom is -0.480 e. The van der Waals surface area contributed by atoms with Crippen molar-refractivity contribution < 1.29 is 24.3 Å². The number of unbranched alkanes of at least 4 members (excludes halogenated alkanes) is 2. The van der Waals surface area contributed by atoms with E-state index < -0.39 is 35.9 Å². The second kappa shape index (κ2) is 19.1. The Morgan fingerprint density at radius 3 is 2.09 bits per heavy atom. The maximum Gasteiger partial charge on any atom is 0.326 e. The number of hydrogen-bond donors (Lipinski definition) is 5. The summed E-state index contributed by atoms with van der Waals surface area (Å²) in [5, 5.41) is 20.1. The fourth-order valence-electron chi connectivity index (χ4n) is 5.47. The topological polar surface area (TPSA) is 144 Å². The number of nitrogens with one attached hydrogen (secondary N) is 4. The lowest BCUT2D eigenvalue weighted by atomic mass is 10.00. The minimum absolute atomic E-state index is 0.000271. The van der Waals surface area contributed by atoms with Crippen LogP contribution in [0.15, 0.2) is 54.7 Å². The van der Waals surface area contributed by atoms with Crippen molar-refractivity contribution >= 4 is 46.2 Å². The first-order valence-corrected chi connectivity index (χ1v) is 17.0. The summed E-state index contributed by atoms with van der Waals surface area (Å²) >= 11 is 5.99. The summed E-state index contributed by atoms with van der Waals surface area (Å²) in [7, 11) is 0. The zero-order valence-corrected chi connectivity index (χ0v) is 28.7. The van der Waals surface area contributed by atoms with Gasteiger partial charge in [0.15, 0.2) is 0 Å². The Labute approximate surface area is 283 Å². The Morgan fingerprint density at radius 1 is 0.851 bits per heavy atom. The van der Waals surface area contributed by atoms with Gasteiger partial charge in [0.1, 0.15) is 12.1 Å². The number of para-hydroxylation sites is 1. The van der Waals surface area contributed by atoms with Gasteiger partial charge < -0.3 is 25.6 Å². The predicted molar refractivity (Wildman–Crippen MR) is 186 cm³/mol. The number of carbonyl (C=O) groups is 4. The van der Waals surface area contributed by atoms with Crippen molar-refractivity contribution in [3.05, 3.63) is 70.9 Å². The van der Waals surface area contributed by atoms with Crippen LogP contribution in [0.5, 0.6) is 0 Å². The Kier molecular flexibility index (Phi) is 15.2. The molecule has 0 aliphatic rings. The van der Waals surface area contributed by atoms with Crippen molar-refractivity contribution in [3.63, 3.8) is 0 Å². The number of benzene rings is 2. The molecular formula is C36H50ClN5O5. The molecule has 47 heavy (non-hydrogen) atoms. The number of fused-ring (bicyclic) bond motifs is 1. The van der Waals surface area contributed by atoms with Crippen molar-refractivity contribution in [2.45, 2.75) is 90.8 Å². The normalized spacial score (nSPS) is 13.2. The molecule has 0 saturated carbocycles. The Bertz CT molecular complexity index is 1450. The van der Waals surface area contributed by atoms with Crippen LogP contribution in [0.2, 0.25) is 5.02 Å². The second-order valence-electron chi connectivity index (χ2n) is 12.5. The van der Waals surface area contributed by atoms with Crippen LogP contribution in [0.25, 0.3) is 10.9 Å². The smallest absolute Gasteiger partial charge is 0.326 e. The number of aliphatic carboxylic acids is 1. The van der Waals surface area contributed by atoms with Gasteiger partial charge >= 0.3 is 5.97 Å². The molecule has 0 aliphatic heterocycles. The quantitative estimate of drug-likeness (QED) is 0.114. The van der Waals surface area contributed by atoms with Gasteiger partial charge in [0.2, 0.25) is 17.7 Å². The standard InChI is InChI=1S/C36H50ClN5O5/c1-5-7-17-42(18-8-6-2)33(43)23-39-30(19-24(3)4)34(44)40-31(21-26-22-38-29-12-10-9-11-28(26)29)35(45)41-32(36(46)47)20-25-13-15-27(37)16-14-25/h9-16,22,24,30-32,38-39H,5-8,17-21,23H2,1-4H3,(H,40,44)(H,41,45)(H,46,47)/t30?,31-,32+/m1/s1. The zero-order chi connectivity index (χ0) is 34.3. The van der Waals surface area contributed by atoms with E-state index in [0.29, 0.717) is 30.1 Å². The molecule has 0 aliphatic carbocycles. The number of carboxylic acids is 1. The molecule has 3 atom stereocenters.